The molecule has 0 saturated carbocycles. The third-order valence-corrected chi connectivity index (χ3v) is 8.06. The topological polar surface area (TPSA) is 124 Å². The highest BCUT2D eigenvalue weighted by molar-refractivity contribution is 5.99. The van der Waals surface area contributed by atoms with Crippen LogP contribution < -0.4 is 10.6 Å². The van der Waals surface area contributed by atoms with Crippen LogP contribution >= 0.6 is 0 Å². The van der Waals surface area contributed by atoms with Crippen molar-refractivity contribution in [2.24, 2.45) is 5.92 Å². The molecule has 43 heavy (non-hydrogen) atoms. The summed E-state index contributed by atoms with van der Waals surface area (Å²) in [5.74, 6) is -1.23. The van der Waals surface area contributed by atoms with E-state index < -0.39 is 11.9 Å². The van der Waals surface area contributed by atoms with Crippen LogP contribution in [-0.2, 0) is 14.3 Å². The average molecular weight is 582 g/mol. The standard InChI is InChI=1S/C33H32FN5O4/c1-19-7-8-23(18-35)30(31(19)34)22-12-14-39(29(40)16-22)28-6-4-5-20(2)32(41)38-26-17-24(37-33(42)43-3)9-10-25(26)21-11-13-36-27(28)15-21/h7-11,13,15-17,20,28H,4-6,12,14H2,1-3H3,(H,37,42)(H,38,41). The molecule has 10 heteroatoms. The molecular formula is C33H32FN5O4. The van der Waals surface area contributed by atoms with Crippen LogP contribution in [0.1, 0.15) is 61.0 Å². The molecule has 3 aromatic rings. The van der Waals surface area contributed by atoms with Gasteiger partial charge in [0.1, 0.15) is 5.82 Å². The maximum absolute atomic E-state index is 15.1. The Morgan fingerprint density at radius 1 is 1.19 bits per heavy atom. The first-order chi connectivity index (χ1) is 20.7. The highest BCUT2D eigenvalue weighted by atomic mass is 19.1. The number of nitrogens with one attached hydrogen (secondary N) is 2. The van der Waals surface area contributed by atoms with Crippen molar-refractivity contribution < 1.29 is 23.5 Å². The van der Waals surface area contributed by atoms with Crippen LogP contribution in [0, 0.1) is 30.0 Å². The Morgan fingerprint density at radius 3 is 2.74 bits per heavy atom. The molecule has 0 saturated heterocycles. The first-order valence-electron chi connectivity index (χ1n) is 14.2. The number of carbonyl (C=O) groups excluding carboxylic acids is 3. The van der Waals surface area contributed by atoms with Crippen molar-refractivity contribution in [3.8, 4) is 17.2 Å². The van der Waals surface area contributed by atoms with Crippen molar-refractivity contribution in [1.82, 2.24) is 9.88 Å². The molecule has 0 spiro atoms. The summed E-state index contributed by atoms with van der Waals surface area (Å²) in [6, 6.07) is 13.8. The second-order valence-corrected chi connectivity index (χ2v) is 10.9. The van der Waals surface area contributed by atoms with Gasteiger partial charge in [-0.05, 0) is 73.2 Å². The minimum absolute atomic E-state index is 0.155. The summed E-state index contributed by atoms with van der Waals surface area (Å²) in [5.41, 5.74) is 4.50. The molecule has 9 nitrogen and oxygen atoms in total. The Hall–Kier alpha value is -5.04. The molecule has 2 bridgehead atoms. The first kappa shape index (κ1) is 29.5. The number of hydrogen-bond acceptors (Lipinski definition) is 6. The molecule has 0 fully saturated rings. The number of fused-ring (bicyclic) bond motifs is 4. The molecule has 2 aliphatic heterocycles. The Bertz CT molecular complexity index is 1680. The van der Waals surface area contributed by atoms with E-state index in [1.54, 1.807) is 48.4 Å². The van der Waals surface area contributed by atoms with Crippen molar-refractivity contribution >= 4 is 34.9 Å². The first-order valence-corrected chi connectivity index (χ1v) is 14.2. The Balaban J connectivity index is 1.53. The molecule has 3 heterocycles. The molecule has 1 aromatic heterocycles. The number of nitriles is 1. The monoisotopic (exact) mass is 581 g/mol. The van der Waals surface area contributed by atoms with E-state index >= 15 is 4.39 Å². The number of rotatable bonds is 3. The van der Waals surface area contributed by atoms with Gasteiger partial charge in [0.2, 0.25) is 11.8 Å². The van der Waals surface area contributed by atoms with Gasteiger partial charge in [-0.1, -0.05) is 25.5 Å². The fourth-order valence-electron chi connectivity index (χ4n) is 5.66. The molecule has 0 aliphatic carbocycles. The summed E-state index contributed by atoms with van der Waals surface area (Å²) in [6.07, 6.45) is 4.70. The van der Waals surface area contributed by atoms with Crippen molar-refractivity contribution in [3.05, 3.63) is 82.9 Å². The summed E-state index contributed by atoms with van der Waals surface area (Å²) in [7, 11) is 1.27. The van der Waals surface area contributed by atoms with Gasteiger partial charge < -0.3 is 15.0 Å². The van der Waals surface area contributed by atoms with Crippen molar-refractivity contribution in [3.63, 3.8) is 0 Å². The van der Waals surface area contributed by atoms with E-state index in [0.717, 1.165) is 11.1 Å². The summed E-state index contributed by atoms with van der Waals surface area (Å²) in [6.45, 7) is 3.82. The minimum atomic E-state index is -0.626. The number of anilines is 2. The third-order valence-electron chi connectivity index (χ3n) is 8.06. The number of aryl methyl sites for hydroxylation is 1. The fourth-order valence-corrected chi connectivity index (χ4v) is 5.66. The van der Waals surface area contributed by atoms with E-state index in [4.69, 9.17) is 4.74 Å². The smallest absolute Gasteiger partial charge is 0.411 e. The number of nitrogens with zero attached hydrogens (tertiary/aromatic N) is 3. The van der Waals surface area contributed by atoms with E-state index in [2.05, 4.69) is 15.6 Å². The maximum Gasteiger partial charge on any atom is 0.411 e. The number of carbonyl (C=O) groups is 3. The number of aromatic nitrogens is 1. The Kier molecular flexibility index (Phi) is 8.53. The SMILES string of the molecule is COC(=O)Nc1ccc2c(c1)NC(=O)C(C)CCCC(N1CCC(c3c(C#N)ccc(C)c3F)=CC1=O)c1cc-2ccn1. The largest absolute Gasteiger partial charge is 0.453 e. The second kappa shape index (κ2) is 12.4. The van der Waals surface area contributed by atoms with E-state index in [9.17, 15) is 19.6 Å². The summed E-state index contributed by atoms with van der Waals surface area (Å²) in [5, 5.41) is 15.2. The lowest BCUT2D eigenvalue weighted by Gasteiger charge is -2.34. The van der Waals surface area contributed by atoms with Crippen molar-refractivity contribution in [2.45, 2.75) is 45.6 Å². The lowest BCUT2D eigenvalue weighted by Crippen LogP contribution is -2.38. The summed E-state index contributed by atoms with van der Waals surface area (Å²) >= 11 is 0. The summed E-state index contributed by atoms with van der Waals surface area (Å²) < 4.78 is 19.8. The molecule has 2 aliphatic rings. The van der Waals surface area contributed by atoms with E-state index in [1.807, 2.05) is 25.1 Å². The molecule has 2 N–H and O–H groups in total. The van der Waals surface area contributed by atoms with Crippen LogP contribution in [0.2, 0.25) is 0 Å². The van der Waals surface area contributed by atoms with Crippen LogP contribution in [0.15, 0.2) is 54.7 Å². The Morgan fingerprint density at radius 2 is 2.00 bits per heavy atom. The number of hydrogen-bond donors (Lipinski definition) is 2. The van der Waals surface area contributed by atoms with Crippen LogP contribution in [0.3, 0.4) is 0 Å². The molecule has 0 radical (unpaired) electrons. The van der Waals surface area contributed by atoms with Gasteiger partial charge in [0.15, 0.2) is 0 Å². The van der Waals surface area contributed by atoms with Crippen molar-refractivity contribution in [1.29, 1.82) is 5.26 Å². The number of pyridine rings is 1. The third kappa shape index (κ3) is 6.11. The molecule has 220 valence electrons. The number of halogens is 1. The van der Waals surface area contributed by atoms with E-state index in [0.29, 0.717) is 60.4 Å². The van der Waals surface area contributed by atoms with Crippen LogP contribution in [0.4, 0.5) is 20.6 Å². The highest BCUT2D eigenvalue weighted by Gasteiger charge is 2.31. The average Bonchev–Trinajstić information content (AvgIpc) is 3.00. The molecule has 5 rings (SSSR count). The quantitative estimate of drug-likeness (QED) is 0.371. The summed E-state index contributed by atoms with van der Waals surface area (Å²) in [4.78, 5) is 45.0. The zero-order chi connectivity index (χ0) is 30.7. The van der Waals surface area contributed by atoms with Gasteiger partial charge >= 0.3 is 6.09 Å². The maximum atomic E-state index is 15.1. The molecular weight excluding hydrogens is 549 g/mol. The number of methoxy groups -OCH3 is 1. The molecule has 3 amide bonds. The van der Waals surface area contributed by atoms with Gasteiger partial charge in [0.05, 0.1) is 36.2 Å². The fraction of sp³-hybridized carbons (Fsp3) is 0.303. The van der Waals surface area contributed by atoms with Gasteiger partial charge in [0.25, 0.3) is 0 Å². The van der Waals surface area contributed by atoms with Crippen LogP contribution in [0.5, 0.6) is 0 Å². The highest BCUT2D eigenvalue weighted by Crippen LogP contribution is 2.37. The minimum Gasteiger partial charge on any atom is -0.453 e. The predicted molar refractivity (Wildman–Crippen MR) is 160 cm³/mol. The Labute approximate surface area is 249 Å². The van der Waals surface area contributed by atoms with Gasteiger partial charge in [-0.25, -0.2) is 9.18 Å². The molecule has 2 atom stereocenters. The number of amides is 3. The van der Waals surface area contributed by atoms with E-state index in [1.165, 1.54) is 13.2 Å². The number of benzene rings is 2. The normalized spacial score (nSPS) is 18.7. The number of ether oxygens (including phenoxy) is 1. The van der Waals surface area contributed by atoms with E-state index in [-0.39, 0.29) is 34.9 Å². The van der Waals surface area contributed by atoms with Gasteiger partial charge in [-0.2, -0.15) is 5.26 Å². The van der Waals surface area contributed by atoms with Gasteiger partial charge in [-0.15, -0.1) is 0 Å². The zero-order valence-electron chi connectivity index (χ0n) is 24.2. The van der Waals surface area contributed by atoms with Crippen LogP contribution in [0.25, 0.3) is 16.7 Å². The molecule has 2 unspecified atom stereocenters. The molecule has 2 aromatic carbocycles. The van der Waals surface area contributed by atoms with Crippen molar-refractivity contribution in [2.75, 3.05) is 24.3 Å². The van der Waals surface area contributed by atoms with Gasteiger partial charge in [0, 0.05) is 41.5 Å². The predicted octanol–water partition coefficient (Wildman–Crippen LogP) is 6.36. The van der Waals surface area contributed by atoms with Gasteiger partial charge in [-0.3, -0.25) is 19.9 Å². The van der Waals surface area contributed by atoms with Crippen LogP contribution in [-0.4, -0.2) is 41.4 Å². The second-order valence-electron chi connectivity index (χ2n) is 10.9. The lowest BCUT2D eigenvalue weighted by molar-refractivity contribution is -0.129. The zero-order valence-corrected chi connectivity index (χ0v) is 24.2. The lowest BCUT2D eigenvalue weighted by atomic mass is 9.90.